The molecule has 2 unspecified atom stereocenters. The third-order valence-corrected chi connectivity index (χ3v) is 7.07. The van der Waals surface area contributed by atoms with Gasteiger partial charge in [0.1, 0.15) is 0 Å². The van der Waals surface area contributed by atoms with Crippen molar-refractivity contribution in [3.05, 3.63) is 28.8 Å². The highest BCUT2D eigenvalue weighted by molar-refractivity contribution is 6.31. The smallest absolute Gasteiger partial charge is 0.318 e. The van der Waals surface area contributed by atoms with Crippen molar-refractivity contribution in [3.8, 4) is 0 Å². The molecule has 1 N–H and O–H groups in total. The van der Waals surface area contributed by atoms with Gasteiger partial charge in [0.25, 0.3) is 0 Å². The fourth-order valence-corrected chi connectivity index (χ4v) is 5.80. The molecule has 4 saturated carbocycles. The Bertz CT molecular complexity index is 659. The first kappa shape index (κ1) is 14.2. The van der Waals surface area contributed by atoms with Crippen molar-refractivity contribution in [1.29, 1.82) is 0 Å². The molecule has 7 rings (SSSR count). The Morgan fingerprint density at radius 1 is 1.22 bits per heavy atom. The summed E-state index contributed by atoms with van der Waals surface area (Å²) in [6.07, 6.45) is 7.32. The summed E-state index contributed by atoms with van der Waals surface area (Å²) in [5.74, 6) is 1.68. The average molecular weight is 331 g/mol. The number of carbonyl (C=O) groups is 1. The van der Waals surface area contributed by atoms with E-state index < -0.39 is 0 Å². The van der Waals surface area contributed by atoms with Crippen LogP contribution in [-0.2, 0) is 5.41 Å². The molecule has 0 radical (unpaired) electrons. The van der Waals surface area contributed by atoms with Gasteiger partial charge in [-0.05, 0) is 79.5 Å². The van der Waals surface area contributed by atoms with E-state index in [4.69, 9.17) is 11.6 Å². The lowest BCUT2D eigenvalue weighted by Gasteiger charge is -2.62. The highest BCUT2D eigenvalue weighted by Crippen LogP contribution is 2.66. The lowest BCUT2D eigenvalue weighted by Crippen LogP contribution is -2.63. The molecule has 0 spiro atoms. The number of nitrogens with zero attached hydrogens (tertiary/aromatic N) is 1. The second-order valence-corrected chi connectivity index (χ2v) is 8.82. The van der Waals surface area contributed by atoms with Crippen LogP contribution < -0.4 is 5.32 Å². The predicted octanol–water partition coefficient (Wildman–Crippen LogP) is 4.80. The van der Waals surface area contributed by atoms with Gasteiger partial charge >= 0.3 is 6.03 Å². The van der Waals surface area contributed by atoms with Gasteiger partial charge in [-0.3, -0.25) is 0 Å². The van der Waals surface area contributed by atoms with Crippen molar-refractivity contribution in [1.82, 2.24) is 4.90 Å². The Hall–Kier alpha value is -1.22. The second-order valence-electron chi connectivity index (χ2n) is 8.41. The van der Waals surface area contributed by atoms with Crippen LogP contribution >= 0.6 is 11.6 Å². The molecule has 23 heavy (non-hydrogen) atoms. The first-order chi connectivity index (χ1) is 11.0. The van der Waals surface area contributed by atoms with Crippen molar-refractivity contribution < 1.29 is 4.79 Å². The first-order valence-corrected chi connectivity index (χ1v) is 9.31. The SMILES string of the molecule is CC1CC2CC(C1)N2C(=O)Nc1ccc(Cl)c(C23CC(C2)C3)c1. The van der Waals surface area contributed by atoms with Crippen LogP contribution in [0.15, 0.2) is 18.2 Å². The molecule has 2 amide bonds. The molecule has 2 heterocycles. The van der Waals surface area contributed by atoms with Crippen molar-refractivity contribution in [3.63, 3.8) is 0 Å². The minimum absolute atomic E-state index is 0.0732. The van der Waals surface area contributed by atoms with Crippen LogP contribution in [-0.4, -0.2) is 23.0 Å². The van der Waals surface area contributed by atoms with Gasteiger partial charge in [-0.2, -0.15) is 0 Å². The zero-order chi connectivity index (χ0) is 15.8. The Morgan fingerprint density at radius 3 is 2.52 bits per heavy atom. The number of hydrogen-bond acceptors (Lipinski definition) is 1. The monoisotopic (exact) mass is 330 g/mol. The van der Waals surface area contributed by atoms with Gasteiger partial charge < -0.3 is 10.2 Å². The van der Waals surface area contributed by atoms with Crippen molar-refractivity contribution in [2.24, 2.45) is 11.8 Å². The van der Waals surface area contributed by atoms with E-state index in [0.29, 0.717) is 17.5 Å². The number of fused-ring (bicyclic) bond motifs is 2. The molecule has 2 aliphatic heterocycles. The van der Waals surface area contributed by atoms with Crippen molar-refractivity contribution in [2.75, 3.05) is 5.32 Å². The third-order valence-electron chi connectivity index (χ3n) is 6.74. The lowest BCUT2D eigenvalue weighted by atomic mass is 9.42. The van der Waals surface area contributed by atoms with Gasteiger partial charge in [-0.25, -0.2) is 4.79 Å². The molecule has 1 aromatic rings. The van der Waals surface area contributed by atoms with E-state index in [1.165, 1.54) is 31.2 Å². The number of piperidine rings is 1. The molecule has 0 aromatic heterocycles. The van der Waals surface area contributed by atoms with Crippen LogP contribution in [0.25, 0.3) is 0 Å². The van der Waals surface area contributed by atoms with Crippen LogP contribution in [0.1, 0.15) is 51.0 Å². The van der Waals surface area contributed by atoms with E-state index in [2.05, 4.69) is 23.2 Å². The maximum Gasteiger partial charge on any atom is 0.322 e. The van der Waals surface area contributed by atoms with Crippen LogP contribution in [0, 0.1) is 11.8 Å². The van der Waals surface area contributed by atoms with Crippen LogP contribution in [0.2, 0.25) is 5.02 Å². The molecule has 1 aromatic carbocycles. The molecule has 3 nitrogen and oxygen atoms in total. The summed E-state index contributed by atoms with van der Waals surface area (Å²) in [7, 11) is 0. The summed E-state index contributed by atoms with van der Waals surface area (Å²) in [5.41, 5.74) is 2.47. The molecule has 4 aliphatic carbocycles. The summed E-state index contributed by atoms with van der Waals surface area (Å²) >= 11 is 6.43. The summed E-state index contributed by atoms with van der Waals surface area (Å²) in [6, 6.07) is 6.98. The fraction of sp³-hybridized carbons (Fsp3) is 0.632. The van der Waals surface area contributed by atoms with Crippen molar-refractivity contribution >= 4 is 23.3 Å². The highest BCUT2D eigenvalue weighted by Gasteiger charge is 2.58. The van der Waals surface area contributed by atoms with E-state index in [0.717, 1.165) is 35.4 Å². The zero-order valence-corrected chi connectivity index (χ0v) is 14.3. The number of carbonyl (C=O) groups excluding carboxylic acids is 1. The summed E-state index contributed by atoms with van der Waals surface area (Å²) < 4.78 is 0. The van der Waals surface area contributed by atoms with Gasteiger partial charge in [-0.1, -0.05) is 18.5 Å². The quantitative estimate of drug-likeness (QED) is 0.830. The molecule has 4 heteroatoms. The van der Waals surface area contributed by atoms with Crippen LogP contribution in [0.3, 0.4) is 0 Å². The van der Waals surface area contributed by atoms with Crippen molar-refractivity contribution in [2.45, 2.75) is 62.9 Å². The number of rotatable bonds is 2. The topological polar surface area (TPSA) is 32.3 Å². The molecule has 2 atom stereocenters. The van der Waals surface area contributed by atoms with Gasteiger partial charge in [-0.15, -0.1) is 0 Å². The van der Waals surface area contributed by atoms with Gasteiger partial charge in [0.2, 0.25) is 0 Å². The Balaban J connectivity index is 1.33. The van der Waals surface area contributed by atoms with E-state index in [1.54, 1.807) is 0 Å². The van der Waals surface area contributed by atoms with Gasteiger partial charge in [0.05, 0.1) is 0 Å². The standard InChI is InChI=1S/C19H23ClN2O/c1-11-4-14-7-15(5-11)22(14)18(23)21-13-2-3-17(20)16(6-13)19-8-12(9-19)10-19/h2-3,6,11-12,14-15H,4-5,7-10H2,1H3,(H,21,23). The molecular weight excluding hydrogens is 308 g/mol. The average Bonchev–Trinajstić information content (AvgIpc) is 2.38. The molecule has 122 valence electrons. The Kier molecular flexibility index (Phi) is 2.87. The van der Waals surface area contributed by atoms with E-state index >= 15 is 0 Å². The number of hydrogen-bond donors (Lipinski definition) is 1. The van der Waals surface area contributed by atoms with Crippen LogP contribution in [0.5, 0.6) is 0 Å². The number of amides is 2. The largest absolute Gasteiger partial charge is 0.322 e. The molecule has 4 bridgehead atoms. The molecule has 6 aliphatic rings. The van der Waals surface area contributed by atoms with Gasteiger partial charge in [0, 0.05) is 22.8 Å². The second kappa shape index (κ2) is 4.66. The van der Waals surface area contributed by atoms with E-state index in [-0.39, 0.29) is 6.03 Å². The van der Waals surface area contributed by atoms with Crippen LogP contribution in [0.4, 0.5) is 10.5 Å². The number of urea groups is 1. The number of anilines is 1. The summed E-state index contributed by atoms with van der Waals surface area (Å²) in [5, 5.41) is 3.98. The highest BCUT2D eigenvalue weighted by atomic mass is 35.5. The lowest BCUT2D eigenvalue weighted by molar-refractivity contribution is -0.0272. The number of benzene rings is 1. The number of halogens is 1. The number of nitrogens with one attached hydrogen (secondary N) is 1. The minimum atomic E-state index is 0.0732. The summed E-state index contributed by atoms with van der Waals surface area (Å²) in [6.45, 7) is 2.30. The fourth-order valence-electron chi connectivity index (χ4n) is 5.48. The maximum absolute atomic E-state index is 12.6. The molecular formula is C19H23ClN2O. The summed E-state index contributed by atoms with van der Waals surface area (Å²) in [4.78, 5) is 14.7. The normalized spacial score (nSPS) is 39.8. The van der Waals surface area contributed by atoms with E-state index in [1.807, 2.05) is 12.1 Å². The third kappa shape index (κ3) is 1.98. The molecule has 6 fully saturated rings. The first-order valence-electron chi connectivity index (χ1n) is 8.93. The van der Waals surface area contributed by atoms with E-state index in [9.17, 15) is 4.79 Å². The van der Waals surface area contributed by atoms with Gasteiger partial charge in [0.15, 0.2) is 0 Å². The zero-order valence-electron chi connectivity index (χ0n) is 13.5. The Morgan fingerprint density at radius 2 is 1.91 bits per heavy atom. The minimum Gasteiger partial charge on any atom is -0.318 e. The maximum atomic E-state index is 12.6. The molecule has 2 saturated heterocycles. The predicted molar refractivity (Wildman–Crippen MR) is 91.9 cm³/mol. The Labute approximate surface area is 142 Å².